The van der Waals surface area contributed by atoms with E-state index in [1.165, 1.54) is 0 Å². The van der Waals surface area contributed by atoms with E-state index in [1.54, 1.807) is 10.4 Å². The molecule has 0 amide bonds. The third-order valence-electron chi connectivity index (χ3n) is 4.51. The zero-order chi connectivity index (χ0) is 15.0. The number of nitrogens with one attached hydrogen (secondary N) is 1. The first-order valence-corrected chi connectivity index (χ1v) is 9.28. The highest BCUT2D eigenvalue weighted by Gasteiger charge is 2.33. The van der Waals surface area contributed by atoms with Crippen molar-refractivity contribution in [2.75, 3.05) is 25.0 Å². The minimum absolute atomic E-state index is 0.432. The van der Waals surface area contributed by atoms with Crippen LogP contribution in [0.1, 0.15) is 32.3 Å². The van der Waals surface area contributed by atoms with E-state index >= 15 is 0 Å². The highest BCUT2D eigenvalue weighted by molar-refractivity contribution is 7.89. The maximum absolute atomic E-state index is 13.0. The number of hydrogen-bond donors (Lipinski definition) is 1. The molecule has 0 spiro atoms. The first-order chi connectivity index (χ1) is 9.98. The van der Waals surface area contributed by atoms with Gasteiger partial charge in [-0.05, 0) is 48.8 Å². The van der Waals surface area contributed by atoms with Gasteiger partial charge in [0.25, 0.3) is 0 Å². The van der Waals surface area contributed by atoms with Crippen molar-refractivity contribution in [1.29, 1.82) is 0 Å². The third-order valence-corrected chi connectivity index (χ3v) is 6.42. The molecule has 3 rings (SSSR count). The fourth-order valence-corrected chi connectivity index (χ4v) is 5.61. The van der Waals surface area contributed by atoms with Gasteiger partial charge in [-0.3, -0.25) is 0 Å². The normalized spacial score (nSPS) is 27.0. The number of fused-ring (bicyclic) bond motifs is 1. The number of nitrogens with zero attached hydrogens (tertiary/aromatic N) is 1. The molecule has 0 aliphatic carbocycles. The van der Waals surface area contributed by atoms with E-state index in [2.05, 4.69) is 19.2 Å². The van der Waals surface area contributed by atoms with Crippen molar-refractivity contribution in [1.82, 2.24) is 4.31 Å². The Morgan fingerprint density at radius 3 is 2.62 bits per heavy atom. The lowest BCUT2D eigenvalue weighted by atomic mass is 9.94. The first kappa shape index (κ1) is 14.9. The predicted octanol–water partition coefficient (Wildman–Crippen LogP) is 2.71. The van der Waals surface area contributed by atoms with E-state index in [1.807, 2.05) is 12.1 Å². The Balaban J connectivity index is 1.99. The number of hydrogen-bond acceptors (Lipinski definition) is 3. The van der Waals surface area contributed by atoms with Crippen molar-refractivity contribution in [2.24, 2.45) is 11.8 Å². The van der Waals surface area contributed by atoms with Crippen LogP contribution in [0.5, 0.6) is 0 Å². The van der Waals surface area contributed by atoms with E-state index < -0.39 is 10.0 Å². The quantitative estimate of drug-likeness (QED) is 0.914. The topological polar surface area (TPSA) is 49.4 Å². The first-order valence-electron chi connectivity index (χ1n) is 7.84. The average molecular weight is 308 g/mol. The Kier molecular flexibility index (Phi) is 3.97. The zero-order valence-corrected chi connectivity index (χ0v) is 13.6. The number of anilines is 1. The molecule has 1 aromatic rings. The summed E-state index contributed by atoms with van der Waals surface area (Å²) < 4.78 is 27.8. The van der Waals surface area contributed by atoms with Gasteiger partial charge in [0.1, 0.15) is 0 Å². The molecular weight excluding hydrogens is 284 g/mol. The van der Waals surface area contributed by atoms with E-state index in [0.717, 1.165) is 37.1 Å². The van der Waals surface area contributed by atoms with Crippen LogP contribution in [0.2, 0.25) is 0 Å². The monoisotopic (exact) mass is 308 g/mol. The van der Waals surface area contributed by atoms with E-state index in [-0.39, 0.29) is 0 Å². The Morgan fingerprint density at radius 2 is 1.90 bits per heavy atom. The SMILES string of the molecule is CC1CC(C)CN(S(=O)(=O)c2cccc3c2CCCN3)C1. The summed E-state index contributed by atoms with van der Waals surface area (Å²) in [4.78, 5) is 0.508. The summed E-state index contributed by atoms with van der Waals surface area (Å²) in [5.74, 6) is 0.863. The molecule has 2 aliphatic heterocycles. The Hall–Kier alpha value is -1.07. The van der Waals surface area contributed by atoms with Gasteiger partial charge in [-0.2, -0.15) is 4.31 Å². The molecule has 4 nitrogen and oxygen atoms in total. The molecule has 0 saturated carbocycles. The lowest BCUT2D eigenvalue weighted by Gasteiger charge is -2.35. The van der Waals surface area contributed by atoms with Gasteiger partial charge in [0.15, 0.2) is 0 Å². The second-order valence-corrected chi connectivity index (χ2v) is 8.49. The summed E-state index contributed by atoms with van der Waals surface area (Å²) >= 11 is 0. The second kappa shape index (κ2) is 5.61. The van der Waals surface area contributed by atoms with E-state index in [0.29, 0.717) is 29.8 Å². The largest absolute Gasteiger partial charge is 0.385 e. The fourth-order valence-electron chi connectivity index (χ4n) is 3.66. The van der Waals surface area contributed by atoms with Crippen LogP contribution >= 0.6 is 0 Å². The zero-order valence-electron chi connectivity index (χ0n) is 12.8. The van der Waals surface area contributed by atoms with Gasteiger partial charge >= 0.3 is 0 Å². The fraction of sp³-hybridized carbons (Fsp3) is 0.625. The highest BCUT2D eigenvalue weighted by atomic mass is 32.2. The van der Waals surface area contributed by atoms with Gasteiger partial charge in [0, 0.05) is 25.3 Å². The molecule has 21 heavy (non-hydrogen) atoms. The molecule has 116 valence electrons. The lowest BCUT2D eigenvalue weighted by molar-refractivity contribution is 0.222. The second-order valence-electron chi connectivity index (χ2n) is 6.58. The molecule has 0 radical (unpaired) electrons. The van der Waals surface area contributed by atoms with E-state index in [4.69, 9.17) is 0 Å². The van der Waals surface area contributed by atoms with Crippen LogP contribution in [-0.4, -0.2) is 32.4 Å². The van der Waals surface area contributed by atoms with Gasteiger partial charge in [-0.25, -0.2) is 8.42 Å². The van der Waals surface area contributed by atoms with Crippen LogP contribution in [0.3, 0.4) is 0 Å². The molecule has 1 saturated heterocycles. The molecule has 1 N–H and O–H groups in total. The summed E-state index contributed by atoms with van der Waals surface area (Å²) in [5, 5.41) is 3.31. The minimum atomic E-state index is -3.38. The van der Waals surface area contributed by atoms with Gasteiger partial charge in [-0.1, -0.05) is 19.9 Å². The average Bonchev–Trinajstić information content (AvgIpc) is 2.45. The van der Waals surface area contributed by atoms with E-state index in [9.17, 15) is 8.42 Å². The Labute approximate surface area is 127 Å². The molecule has 2 heterocycles. The molecular formula is C16H24N2O2S. The van der Waals surface area contributed by atoms with Crippen molar-refractivity contribution >= 4 is 15.7 Å². The molecule has 2 unspecified atom stereocenters. The van der Waals surface area contributed by atoms with Crippen molar-refractivity contribution in [3.63, 3.8) is 0 Å². The third kappa shape index (κ3) is 2.81. The van der Waals surface area contributed by atoms with Crippen LogP contribution in [0.15, 0.2) is 23.1 Å². The summed E-state index contributed by atoms with van der Waals surface area (Å²) in [7, 11) is -3.38. The Morgan fingerprint density at radius 1 is 1.19 bits per heavy atom. The highest BCUT2D eigenvalue weighted by Crippen LogP contribution is 2.32. The molecule has 0 bridgehead atoms. The molecule has 5 heteroatoms. The summed E-state index contributed by atoms with van der Waals surface area (Å²) in [6, 6.07) is 5.60. The van der Waals surface area contributed by atoms with Crippen molar-refractivity contribution in [3.8, 4) is 0 Å². The predicted molar refractivity (Wildman–Crippen MR) is 85.0 cm³/mol. The maximum atomic E-state index is 13.0. The maximum Gasteiger partial charge on any atom is 0.243 e. The summed E-state index contributed by atoms with van der Waals surface area (Å²) in [5.41, 5.74) is 1.95. The number of sulfonamides is 1. The van der Waals surface area contributed by atoms with Crippen LogP contribution in [-0.2, 0) is 16.4 Å². The number of piperidine rings is 1. The smallest absolute Gasteiger partial charge is 0.243 e. The lowest BCUT2D eigenvalue weighted by Crippen LogP contribution is -2.42. The van der Waals surface area contributed by atoms with Crippen LogP contribution in [0.25, 0.3) is 0 Å². The molecule has 1 fully saturated rings. The Bertz CT molecular complexity index is 617. The van der Waals surface area contributed by atoms with Crippen LogP contribution in [0, 0.1) is 11.8 Å². The van der Waals surface area contributed by atoms with Gasteiger partial charge in [-0.15, -0.1) is 0 Å². The summed E-state index contributed by atoms with van der Waals surface area (Å²) in [6.45, 7) is 6.49. The van der Waals surface area contributed by atoms with Crippen LogP contribution < -0.4 is 5.32 Å². The molecule has 1 aromatic carbocycles. The number of rotatable bonds is 2. The van der Waals surface area contributed by atoms with Gasteiger partial charge in [0.05, 0.1) is 4.90 Å². The van der Waals surface area contributed by atoms with Crippen molar-refractivity contribution in [3.05, 3.63) is 23.8 Å². The van der Waals surface area contributed by atoms with Crippen molar-refractivity contribution < 1.29 is 8.42 Å². The molecule has 2 aliphatic rings. The number of benzene rings is 1. The minimum Gasteiger partial charge on any atom is -0.385 e. The molecule has 2 atom stereocenters. The standard InChI is InChI=1S/C16H24N2O2S/c1-12-9-13(2)11-18(10-12)21(19,20)16-7-3-6-15-14(16)5-4-8-17-15/h3,6-7,12-13,17H,4-5,8-11H2,1-2H3. The van der Waals surface area contributed by atoms with Gasteiger partial charge < -0.3 is 5.32 Å². The molecule has 0 aromatic heterocycles. The summed E-state index contributed by atoms with van der Waals surface area (Å²) in [6.07, 6.45) is 2.95. The van der Waals surface area contributed by atoms with Crippen LogP contribution in [0.4, 0.5) is 5.69 Å². The van der Waals surface area contributed by atoms with Gasteiger partial charge in [0.2, 0.25) is 10.0 Å². The van der Waals surface area contributed by atoms with Crippen molar-refractivity contribution in [2.45, 2.75) is 38.0 Å².